The minimum absolute atomic E-state index is 0.0560. The molecular formula is C23H27ClN4O2. The van der Waals surface area contributed by atoms with Crippen LogP contribution < -0.4 is 15.1 Å². The number of nitrogens with zero attached hydrogens (tertiary/aromatic N) is 3. The quantitative estimate of drug-likeness (QED) is 0.814. The normalized spacial score (nSPS) is 20.0. The zero-order chi connectivity index (χ0) is 21.3. The minimum atomic E-state index is -0.381. The van der Waals surface area contributed by atoms with E-state index in [4.69, 9.17) is 11.6 Å². The average Bonchev–Trinajstić information content (AvgIpc) is 3.12. The van der Waals surface area contributed by atoms with Crippen LogP contribution in [0, 0.1) is 12.8 Å². The number of nitrogens with one attached hydrogen (secondary N) is 1. The summed E-state index contributed by atoms with van der Waals surface area (Å²) >= 11 is 6.05. The number of rotatable bonds is 4. The zero-order valence-electron chi connectivity index (χ0n) is 17.4. The molecule has 2 aliphatic heterocycles. The Hall–Kier alpha value is -2.57. The monoisotopic (exact) mass is 426 g/mol. The Kier molecular flexibility index (Phi) is 5.97. The number of aryl methyl sites for hydroxylation is 1. The van der Waals surface area contributed by atoms with E-state index >= 15 is 0 Å². The molecule has 2 aromatic rings. The SMILES string of the molecule is Cc1cc(N2CCN(C)CC2)ccc1NC(=O)[C@@H]1CC(=O)N(c2cccc(Cl)c2)C1. The predicted molar refractivity (Wildman–Crippen MR) is 121 cm³/mol. The molecule has 0 radical (unpaired) electrons. The highest BCUT2D eigenvalue weighted by molar-refractivity contribution is 6.31. The number of carbonyl (C=O) groups excluding carboxylic acids is 2. The van der Waals surface area contributed by atoms with E-state index in [0.29, 0.717) is 11.6 Å². The van der Waals surface area contributed by atoms with Crippen molar-refractivity contribution >= 4 is 40.5 Å². The highest BCUT2D eigenvalue weighted by atomic mass is 35.5. The van der Waals surface area contributed by atoms with Crippen molar-refractivity contribution in [2.24, 2.45) is 5.92 Å². The van der Waals surface area contributed by atoms with Gasteiger partial charge < -0.3 is 20.0 Å². The van der Waals surface area contributed by atoms with E-state index in [-0.39, 0.29) is 24.2 Å². The first-order valence-electron chi connectivity index (χ1n) is 10.3. The first-order valence-corrected chi connectivity index (χ1v) is 10.7. The van der Waals surface area contributed by atoms with E-state index in [9.17, 15) is 9.59 Å². The highest BCUT2D eigenvalue weighted by Crippen LogP contribution is 2.29. The molecule has 7 heteroatoms. The van der Waals surface area contributed by atoms with E-state index in [0.717, 1.165) is 43.1 Å². The molecule has 2 aliphatic rings. The average molecular weight is 427 g/mol. The van der Waals surface area contributed by atoms with Crippen LogP contribution in [0.2, 0.25) is 5.02 Å². The molecule has 0 bridgehead atoms. The molecule has 2 fully saturated rings. The molecule has 0 spiro atoms. The molecule has 0 unspecified atom stereocenters. The van der Waals surface area contributed by atoms with Crippen LogP contribution in [-0.4, -0.2) is 56.5 Å². The van der Waals surface area contributed by atoms with Crippen LogP contribution >= 0.6 is 11.6 Å². The fourth-order valence-corrected chi connectivity index (χ4v) is 4.25. The molecule has 0 saturated carbocycles. The van der Waals surface area contributed by atoms with Crippen molar-refractivity contribution < 1.29 is 9.59 Å². The van der Waals surface area contributed by atoms with E-state index in [1.54, 1.807) is 17.0 Å². The summed E-state index contributed by atoms with van der Waals surface area (Å²) in [5.41, 5.74) is 3.74. The maximum absolute atomic E-state index is 12.8. The Balaban J connectivity index is 1.41. The maximum Gasteiger partial charge on any atom is 0.229 e. The highest BCUT2D eigenvalue weighted by Gasteiger charge is 2.35. The molecule has 0 aliphatic carbocycles. The van der Waals surface area contributed by atoms with Crippen molar-refractivity contribution in [2.75, 3.05) is 54.9 Å². The van der Waals surface area contributed by atoms with Crippen molar-refractivity contribution in [1.82, 2.24) is 4.90 Å². The van der Waals surface area contributed by atoms with Gasteiger partial charge in [0, 0.05) is 61.2 Å². The third-order valence-electron chi connectivity index (χ3n) is 5.95. The Morgan fingerprint density at radius 2 is 1.83 bits per heavy atom. The molecule has 2 heterocycles. The van der Waals surface area contributed by atoms with Crippen molar-refractivity contribution in [3.8, 4) is 0 Å². The van der Waals surface area contributed by atoms with Gasteiger partial charge in [-0.2, -0.15) is 0 Å². The van der Waals surface area contributed by atoms with Crippen LogP contribution in [0.3, 0.4) is 0 Å². The molecule has 30 heavy (non-hydrogen) atoms. The molecule has 2 amide bonds. The lowest BCUT2D eigenvalue weighted by Crippen LogP contribution is -2.44. The topological polar surface area (TPSA) is 55.9 Å². The molecule has 1 N–H and O–H groups in total. The fourth-order valence-electron chi connectivity index (χ4n) is 4.06. The molecule has 1 atom stereocenters. The lowest BCUT2D eigenvalue weighted by atomic mass is 10.1. The smallest absolute Gasteiger partial charge is 0.229 e. The molecule has 158 valence electrons. The van der Waals surface area contributed by atoms with Gasteiger partial charge in [-0.05, 0) is 55.9 Å². The van der Waals surface area contributed by atoms with Gasteiger partial charge in [0.1, 0.15) is 0 Å². The standard InChI is InChI=1S/C23H27ClN4O2/c1-16-12-19(27-10-8-26(2)9-11-27)6-7-21(16)25-23(30)17-13-22(29)28(15-17)20-5-3-4-18(24)14-20/h3-7,12,14,17H,8-11,13,15H2,1-2H3,(H,25,30)/t17-/m1/s1. The number of likely N-dealkylation sites (N-methyl/N-ethyl adjacent to an activating group) is 1. The molecular weight excluding hydrogens is 400 g/mol. The lowest BCUT2D eigenvalue weighted by Gasteiger charge is -2.34. The van der Waals surface area contributed by atoms with Crippen molar-refractivity contribution in [1.29, 1.82) is 0 Å². The number of benzene rings is 2. The summed E-state index contributed by atoms with van der Waals surface area (Å²) < 4.78 is 0. The number of carbonyl (C=O) groups is 2. The summed E-state index contributed by atoms with van der Waals surface area (Å²) in [7, 11) is 2.14. The first kappa shape index (κ1) is 20.7. The van der Waals surface area contributed by atoms with Gasteiger partial charge in [0.25, 0.3) is 0 Å². The number of hydrogen-bond acceptors (Lipinski definition) is 4. The summed E-state index contributed by atoms with van der Waals surface area (Å²) in [6, 6.07) is 13.3. The second-order valence-electron chi connectivity index (χ2n) is 8.16. The summed E-state index contributed by atoms with van der Waals surface area (Å²) in [5, 5.41) is 3.60. The van der Waals surface area contributed by atoms with Gasteiger partial charge in [0.05, 0.1) is 5.92 Å². The van der Waals surface area contributed by atoms with E-state index < -0.39 is 0 Å². The number of anilines is 3. The van der Waals surface area contributed by atoms with Gasteiger partial charge in [0.2, 0.25) is 11.8 Å². The number of piperazine rings is 1. The number of hydrogen-bond donors (Lipinski definition) is 1. The fraction of sp³-hybridized carbons (Fsp3) is 0.391. The Bertz CT molecular complexity index is 956. The maximum atomic E-state index is 12.8. The Labute approximate surface area is 182 Å². The van der Waals surface area contributed by atoms with Crippen LogP contribution in [0.15, 0.2) is 42.5 Å². The lowest BCUT2D eigenvalue weighted by molar-refractivity contribution is -0.122. The molecule has 2 aromatic carbocycles. The van der Waals surface area contributed by atoms with Crippen molar-refractivity contribution in [3.63, 3.8) is 0 Å². The van der Waals surface area contributed by atoms with Gasteiger partial charge in [-0.15, -0.1) is 0 Å². The molecule has 6 nitrogen and oxygen atoms in total. The minimum Gasteiger partial charge on any atom is -0.369 e. The summed E-state index contributed by atoms with van der Waals surface area (Å²) in [6.07, 6.45) is 0.205. The van der Waals surface area contributed by atoms with E-state index in [1.165, 1.54) is 5.69 Å². The summed E-state index contributed by atoms with van der Waals surface area (Å²) in [4.78, 5) is 31.6. The van der Waals surface area contributed by atoms with Crippen LogP contribution in [0.5, 0.6) is 0 Å². The third-order valence-corrected chi connectivity index (χ3v) is 6.19. The zero-order valence-corrected chi connectivity index (χ0v) is 18.2. The van der Waals surface area contributed by atoms with E-state index in [1.807, 2.05) is 25.1 Å². The molecule has 2 saturated heterocycles. The second kappa shape index (κ2) is 8.66. The van der Waals surface area contributed by atoms with Gasteiger partial charge in [0.15, 0.2) is 0 Å². The van der Waals surface area contributed by atoms with Crippen LogP contribution in [0.1, 0.15) is 12.0 Å². The number of halogens is 1. The van der Waals surface area contributed by atoms with Crippen LogP contribution in [0.25, 0.3) is 0 Å². The molecule has 0 aromatic heterocycles. The second-order valence-corrected chi connectivity index (χ2v) is 8.60. The van der Waals surface area contributed by atoms with Crippen LogP contribution in [0.4, 0.5) is 17.1 Å². The predicted octanol–water partition coefficient (Wildman–Crippen LogP) is 3.39. The van der Waals surface area contributed by atoms with Crippen molar-refractivity contribution in [2.45, 2.75) is 13.3 Å². The molecule has 4 rings (SSSR count). The van der Waals surface area contributed by atoms with Gasteiger partial charge >= 0.3 is 0 Å². The summed E-state index contributed by atoms with van der Waals surface area (Å²) in [5.74, 6) is -0.559. The van der Waals surface area contributed by atoms with E-state index in [2.05, 4.69) is 34.3 Å². The summed E-state index contributed by atoms with van der Waals surface area (Å²) in [6.45, 7) is 6.49. The van der Waals surface area contributed by atoms with Gasteiger partial charge in [-0.1, -0.05) is 17.7 Å². The first-order chi connectivity index (χ1) is 14.4. The Morgan fingerprint density at radius 1 is 1.07 bits per heavy atom. The Morgan fingerprint density at radius 3 is 2.53 bits per heavy atom. The van der Waals surface area contributed by atoms with Gasteiger partial charge in [-0.25, -0.2) is 0 Å². The van der Waals surface area contributed by atoms with Crippen molar-refractivity contribution in [3.05, 3.63) is 53.1 Å². The largest absolute Gasteiger partial charge is 0.369 e. The van der Waals surface area contributed by atoms with Crippen LogP contribution in [-0.2, 0) is 9.59 Å². The van der Waals surface area contributed by atoms with Gasteiger partial charge in [-0.3, -0.25) is 9.59 Å². The third kappa shape index (κ3) is 4.45. The number of amides is 2.